The van der Waals surface area contributed by atoms with Crippen molar-refractivity contribution in [1.29, 1.82) is 0 Å². The molecule has 0 bridgehead atoms. The molecule has 1 fully saturated rings. The van der Waals surface area contributed by atoms with Gasteiger partial charge in [-0.15, -0.1) is 0 Å². The average Bonchev–Trinajstić information content (AvgIpc) is 2.47. The molecule has 2 rings (SSSR count). The van der Waals surface area contributed by atoms with Crippen molar-refractivity contribution in [3.05, 3.63) is 17.7 Å². The quantitative estimate of drug-likeness (QED) is 0.291. The van der Waals surface area contributed by atoms with Crippen LogP contribution >= 0.6 is 0 Å². The van der Waals surface area contributed by atoms with Gasteiger partial charge in [0.1, 0.15) is 18.3 Å². The molecule has 1 heterocycles. The number of aromatic hydroxyl groups is 3. The van der Waals surface area contributed by atoms with Crippen LogP contribution in [0.5, 0.6) is 17.2 Å². The summed E-state index contributed by atoms with van der Waals surface area (Å²) in [5.41, 5.74) is -0.308. The number of hydrogen-bond donors (Lipinski definition) is 6. The summed E-state index contributed by atoms with van der Waals surface area (Å²) in [6.45, 7) is 1.42. The second-order valence-corrected chi connectivity index (χ2v) is 4.95. The number of phenols is 3. The molecular weight excluding hydrogens is 300 g/mol. The van der Waals surface area contributed by atoms with Crippen LogP contribution in [0.1, 0.15) is 17.3 Å². The third-order valence-corrected chi connectivity index (χ3v) is 3.34. The van der Waals surface area contributed by atoms with Crippen molar-refractivity contribution in [3.8, 4) is 17.2 Å². The van der Waals surface area contributed by atoms with E-state index in [4.69, 9.17) is 9.47 Å². The first kappa shape index (κ1) is 16.3. The number of ether oxygens (including phenoxy) is 2. The zero-order valence-corrected chi connectivity index (χ0v) is 11.4. The van der Waals surface area contributed by atoms with E-state index in [0.29, 0.717) is 0 Å². The summed E-state index contributed by atoms with van der Waals surface area (Å²) in [6.07, 6.45) is -7.01. The molecule has 5 unspecified atom stereocenters. The van der Waals surface area contributed by atoms with Crippen molar-refractivity contribution in [3.63, 3.8) is 0 Å². The first-order chi connectivity index (χ1) is 10.2. The number of aliphatic hydroxyl groups excluding tert-OH is 3. The van der Waals surface area contributed by atoms with Gasteiger partial charge in [0.25, 0.3) is 0 Å². The van der Waals surface area contributed by atoms with Crippen molar-refractivity contribution in [1.82, 2.24) is 0 Å². The van der Waals surface area contributed by atoms with Crippen molar-refractivity contribution in [2.45, 2.75) is 37.6 Å². The minimum atomic E-state index is -1.67. The molecule has 1 saturated heterocycles. The fourth-order valence-electron chi connectivity index (χ4n) is 2.01. The van der Waals surface area contributed by atoms with Crippen LogP contribution < -0.4 is 0 Å². The summed E-state index contributed by atoms with van der Waals surface area (Å²) in [5, 5.41) is 56.7. The van der Waals surface area contributed by atoms with Crippen LogP contribution in [-0.4, -0.2) is 67.3 Å². The van der Waals surface area contributed by atoms with Crippen molar-refractivity contribution < 1.29 is 44.9 Å². The Bertz CT molecular complexity index is 550. The summed E-state index contributed by atoms with van der Waals surface area (Å²) in [4.78, 5) is 11.9. The number of carbonyl (C=O) groups excluding carboxylic acids is 1. The zero-order chi connectivity index (χ0) is 16.6. The van der Waals surface area contributed by atoms with Gasteiger partial charge < -0.3 is 40.1 Å². The number of carbonyl (C=O) groups is 1. The van der Waals surface area contributed by atoms with Gasteiger partial charge in [-0.1, -0.05) is 0 Å². The minimum absolute atomic E-state index is 0.308. The van der Waals surface area contributed by atoms with E-state index in [1.807, 2.05) is 0 Å². The highest BCUT2D eigenvalue weighted by Gasteiger charge is 2.43. The third kappa shape index (κ3) is 2.92. The number of phenolic OH excluding ortho intramolecular Hbond substituents is 3. The SMILES string of the molecule is CC1OC(OC(=O)c2cc(O)c(O)c(O)c2)C(O)C(O)C1O. The van der Waals surface area contributed by atoms with Crippen LogP contribution in [0.2, 0.25) is 0 Å². The van der Waals surface area contributed by atoms with Gasteiger partial charge in [0, 0.05) is 0 Å². The van der Waals surface area contributed by atoms with Crippen LogP contribution in [0.3, 0.4) is 0 Å². The average molecular weight is 316 g/mol. The maximum atomic E-state index is 11.9. The Kier molecular flexibility index (Phi) is 4.42. The van der Waals surface area contributed by atoms with Gasteiger partial charge in [-0.05, 0) is 19.1 Å². The molecule has 0 aliphatic carbocycles. The Hall–Kier alpha value is -2.07. The predicted molar refractivity (Wildman–Crippen MR) is 69.2 cm³/mol. The maximum absolute atomic E-state index is 11.9. The first-order valence-corrected chi connectivity index (χ1v) is 6.38. The molecule has 0 amide bonds. The van der Waals surface area contributed by atoms with Gasteiger partial charge >= 0.3 is 5.97 Å². The van der Waals surface area contributed by atoms with E-state index in [1.54, 1.807) is 0 Å². The van der Waals surface area contributed by atoms with E-state index in [1.165, 1.54) is 6.92 Å². The number of benzene rings is 1. The van der Waals surface area contributed by atoms with Crippen LogP contribution in [0, 0.1) is 0 Å². The molecule has 5 atom stereocenters. The highest BCUT2D eigenvalue weighted by atomic mass is 16.7. The molecular formula is C13H16O9. The second kappa shape index (κ2) is 5.97. The molecule has 9 heteroatoms. The number of rotatable bonds is 2. The summed E-state index contributed by atoms with van der Waals surface area (Å²) < 4.78 is 9.92. The van der Waals surface area contributed by atoms with Gasteiger partial charge in [-0.3, -0.25) is 0 Å². The number of hydrogen-bond acceptors (Lipinski definition) is 9. The van der Waals surface area contributed by atoms with Gasteiger partial charge in [0.2, 0.25) is 6.29 Å². The predicted octanol–water partition coefficient (Wildman–Crippen LogP) is -1.21. The normalized spacial score (nSPS) is 31.7. The molecule has 0 aromatic heterocycles. The summed E-state index contributed by atoms with van der Waals surface area (Å²) in [5.74, 6) is -3.34. The molecule has 9 nitrogen and oxygen atoms in total. The summed E-state index contributed by atoms with van der Waals surface area (Å²) >= 11 is 0. The van der Waals surface area contributed by atoms with Crippen molar-refractivity contribution >= 4 is 5.97 Å². The summed E-state index contributed by atoms with van der Waals surface area (Å²) in [6, 6.07) is 1.70. The molecule has 1 aromatic carbocycles. The van der Waals surface area contributed by atoms with Crippen molar-refractivity contribution in [2.75, 3.05) is 0 Å². The Labute approximate surface area is 124 Å². The molecule has 1 aliphatic rings. The van der Waals surface area contributed by atoms with Crippen LogP contribution in [0.4, 0.5) is 0 Å². The fourth-order valence-corrected chi connectivity index (χ4v) is 2.01. The maximum Gasteiger partial charge on any atom is 0.340 e. The molecule has 0 saturated carbocycles. The van der Waals surface area contributed by atoms with Crippen LogP contribution in [0.15, 0.2) is 12.1 Å². The molecule has 122 valence electrons. The lowest BCUT2D eigenvalue weighted by Crippen LogP contribution is -2.57. The van der Waals surface area contributed by atoms with E-state index in [2.05, 4.69) is 0 Å². The molecule has 22 heavy (non-hydrogen) atoms. The molecule has 0 spiro atoms. The van der Waals surface area contributed by atoms with Gasteiger partial charge in [-0.2, -0.15) is 0 Å². The Morgan fingerprint density at radius 1 is 1.05 bits per heavy atom. The zero-order valence-electron chi connectivity index (χ0n) is 11.4. The Morgan fingerprint density at radius 3 is 2.14 bits per heavy atom. The lowest BCUT2D eigenvalue weighted by Gasteiger charge is -2.38. The molecule has 0 radical (unpaired) electrons. The van der Waals surface area contributed by atoms with E-state index in [-0.39, 0.29) is 5.56 Å². The fraction of sp³-hybridized carbons (Fsp3) is 0.462. The summed E-state index contributed by atoms with van der Waals surface area (Å²) in [7, 11) is 0. The monoisotopic (exact) mass is 316 g/mol. The second-order valence-electron chi connectivity index (χ2n) is 4.95. The van der Waals surface area contributed by atoms with E-state index in [0.717, 1.165) is 12.1 Å². The largest absolute Gasteiger partial charge is 0.504 e. The van der Waals surface area contributed by atoms with E-state index >= 15 is 0 Å². The Morgan fingerprint density at radius 2 is 1.59 bits per heavy atom. The minimum Gasteiger partial charge on any atom is -0.504 e. The number of esters is 1. The van der Waals surface area contributed by atoms with Gasteiger partial charge in [0.15, 0.2) is 17.2 Å². The molecule has 1 aliphatic heterocycles. The topological polar surface area (TPSA) is 157 Å². The smallest absolute Gasteiger partial charge is 0.340 e. The first-order valence-electron chi connectivity index (χ1n) is 6.38. The van der Waals surface area contributed by atoms with E-state index < -0.39 is 53.9 Å². The molecule has 1 aromatic rings. The van der Waals surface area contributed by atoms with E-state index in [9.17, 15) is 35.4 Å². The standard InChI is InChI=1S/C13H16O9/c1-4-8(16)10(18)11(19)13(21-4)22-12(20)5-2-6(14)9(17)7(15)3-5/h2-4,8,10-11,13-19H,1H3. The Balaban J connectivity index is 2.15. The number of aliphatic hydroxyl groups is 3. The van der Waals surface area contributed by atoms with Crippen LogP contribution in [-0.2, 0) is 9.47 Å². The van der Waals surface area contributed by atoms with Crippen molar-refractivity contribution in [2.24, 2.45) is 0 Å². The highest BCUT2D eigenvalue weighted by Crippen LogP contribution is 2.35. The lowest BCUT2D eigenvalue weighted by molar-refractivity contribution is -0.276. The molecule has 6 N–H and O–H groups in total. The van der Waals surface area contributed by atoms with Gasteiger partial charge in [0.05, 0.1) is 11.7 Å². The van der Waals surface area contributed by atoms with Gasteiger partial charge in [-0.25, -0.2) is 4.79 Å². The lowest BCUT2D eigenvalue weighted by atomic mass is 10.00. The third-order valence-electron chi connectivity index (χ3n) is 3.34. The van der Waals surface area contributed by atoms with Crippen LogP contribution in [0.25, 0.3) is 0 Å². The highest BCUT2D eigenvalue weighted by molar-refractivity contribution is 5.91.